The summed E-state index contributed by atoms with van der Waals surface area (Å²) in [7, 11) is 4.14. The van der Waals surface area contributed by atoms with Crippen molar-refractivity contribution in [3.63, 3.8) is 0 Å². The summed E-state index contributed by atoms with van der Waals surface area (Å²) in [5.74, 6) is 0.543. The van der Waals surface area contributed by atoms with Gasteiger partial charge >= 0.3 is 8.80 Å². The molecule has 0 fully saturated rings. The van der Waals surface area contributed by atoms with E-state index < -0.39 is 8.80 Å². The molecule has 0 atom stereocenters. The molecule has 0 saturated heterocycles. The van der Waals surface area contributed by atoms with Crippen molar-refractivity contribution < 1.29 is 13.3 Å². The highest BCUT2D eigenvalue weighted by molar-refractivity contribution is 6.60. The smallest absolute Gasteiger partial charge is 0.377 e. The van der Waals surface area contributed by atoms with Gasteiger partial charge in [0.05, 0.1) is 0 Å². The molecule has 0 aromatic heterocycles. The molecule has 0 aliphatic heterocycles. The lowest BCUT2D eigenvalue weighted by Gasteiger charge is -2.25. The molecule has 2 N–H and O–H groups in total. The first kappa shape index (κ1) is 15.5. The summed E-state index contributed by atoms with van der Waals surface area (Å²) in [6.07, 6.45) is 0. The molecule has 0 spiro atoms. The first-order chi connectivity index (χ1) is 6.10. The predicted octanol–water partition coefficient (Wildman–Crippen LogP) is 1.10. The van der Waals surface area contributed by atoms with Crippen LogP contribution in [0.25, 0.3) is 0 Å². The van der Waals surface area contributed by atoms with E-state index in [2.05, 4.69) is 19.6 Å². The summed E-state index contributed by atoms with van der Waals surface area (Å²) in [5.41, 5.74) is 4.50. The van der Waals surface area contributed by atoms with Crippen LogP contribution in [-0.4, -0.2) is 37.2 Å². The van der Waals surface area contributed by atoms with Crippen molar-refractivity contribution in [2.75, 3.05) is 28.4 Å². The highest BCUT2D eigenvalue weighted by Crippen LogP contribution is 2.18. The first-order valence-electron chi connectivity index (χ1n) is 4.33. The highest BCUT2D eigenvalue weighted by Gasteiger charge is 2.38. The van der Waals surface area contributed by atoms with Crippen molar-refractivity contribution in [1.82, 2.24) is 0 Å². The Kier molecular flexibility index (Phi) is 10.3. The lowest BCUT2D eigenvalue weighted by atomic mass is 10.3. The summed E-state index contributed by atoms with van der Waals surface area (Å²) in [4.78, 5) is 0. The second kappa shape index (κ2) is 8.65. The van der Waals surface area contributed by atoms with E-state index in [1.807, 2.05) is 0 Å². The molecule has 0 aliphatic rings. The molecule has 0 radical (unpaired) electrons. The van der Waals surface area contributed by atoms with Crippen LogP contribution >= 0.6 is 0 Å². The average Bonchev–Trinajstić information content (AvgIpc) is 2.17. The quantitative estimate of drug-likeness (QED) is 0.689. The lowest BCUT2D eigenvalue weighted by molar-refractivity contribution is 0.119. The summed E-state index contributed by atoms with van der Waals surface area (Å²) >= 11 is 0. The molecule has 82 valence electrons. The maximum absolute atomic E-state index is 5.24. The number of hydrogen-bond acceptors (Lipinski definition) is 4. The third kappa shape index (κ3) is 6.17. The van der Waals surface area contributed by atoms with Crippen molar-refractivity contribution in [3.8, 4) is 0 Å². The van der Waals surface area contributed by atoms with Gasteiger partial charge in [-0.05, 0) is 13.0 Å². The van der Waals surface area contributed by atoms with Gasteiger partial charge in [-0.3, -0.25) is 0 Å². The van der Waals surface area contributed by atoms with Crippen LogP contribution < -0.4 is 5.73 Å². The van der Waals surface area contributed by atoms with Gasteiger partial charge in [0.1, 0.15) is 0 Å². The summed E-state index contributed by atoms with van der Waals surface area (Å²) in [6, 6.07) is 0.872. The Morgan fingerprint density at radius 1 is 1.00 bits per heavy atom. The Morgan fingerprint density at radius 2 is 1.31 bits per heavy atom. The molecule has 0 aliphatic carbocycles. The van der Waals surface area contributed by atoms with E-state index in [9.17, 15) is 0 Å². The van der Waals surface area contributed by atoms with E-state index in [4.69, 9.17) is 13.3 Å². The SMILES string of the molecule is CN.CO[Si](CC(C)C)(OC)OC. The molecule has 0 unspecified atom stereocenters. The van der Waals surface area contributed by atoms with Crippen molar-refractivity contribution in [2.24, 2.45) is 11.7 Å². The van der Waals surface area contributed by atoms with Crippen LogP contribution in [0.1, 0.15) is 13.8 Å². The maximum Gasteiger partial charge on any atom is 0.500 e. The lowest BCUT2D eigenvalue weighted by Crippen LogP contribution is -2.43. The first-order valence-corrected chi connectivity index (χ1v) is 6.26. The Labute approximate surface area is 82.7 Å². The van der Waals surface area contributed by atoms with Gasteiger partial charge in [-0.25, -0.2) is 0 Å². The van der Waals surface area contributed by atoms with Crippen molar-refractivity contribution >= 4 is 8.80 Å². The second-order valence-corrected chi connectivity index (χ2v) is 5.89. The third-order valence-electron chi connectivity index (χ3n) is 1.59. The van der Waals surface area contributed by atoms with Crippen LogP contribution in [0.5, 0.6) is 0 Å². The van der Waals surface area contributed by atoms with E-state index in [0.29, 0.717) is 5.92 Å². The normalized spacial score (nSPS) is 11.1. The largest absolute Gasteiger partial charge is 0.500 e. The fourth-order valence-electron chi connectivity index (χ4n) is 1.00. The maximum atomic E-state index is 5.24. The van der Waals surface area contributed by atoms with Crippen molar-refractivity contribution in [3.05, 3.63) is 0 Å². The van der Waals surface area contributed by atoms with E-state index in [-0.39, 0.29) is 0 Å². The highest BCUT2D eigenvalue weighted by atomic mass is 28.4. The van der Waals surface area contributed by atoms with Gasteiger partial charge in [0, 0.05) is 27.4 Å². The van der Waals surface area contributed by atoms with Gasteiger partial charge < -0.3 is 19.0 Å². The van der Waals surface area contributed by atoms with Crippen LogP contribution in [0.2, 0.25) is 6.04 Å². The summed E-state index contributed by atoms with van der Waals surface area (Å²) in [5, 5.41) is 0. The van der Waals surface area contributed by atoms with Crippen LogP contribution in [0, 0.1) is 5.92 Å². The van der Waals surface area contributed by atoms with E-state index in [1.54, 1.807) is 21.3 Å². The molecule has 0 aromatic rings. The van der Waals surface area contributed by atoms with Gasteiger partial charge in [-0.2, -0.15) is 0 Å². The molecule has 0 saturated carbocycles. The predicted molar refractivity (Wildman–Crippen MR) is 56.5 cm³/mol. The Bertz CT molecular complexity index is 99.3. The molecule has 0 rings (SSSR count). The fraction of sp³-hybridized carbons (Fsp3) is 1.00. The fourth-order valence-corrected chi connectivity index (χ4v) is 3.00. The van der Waals surface area contributed by atoms with Crippen LogP contribution in [0.4, 0.5) is 0 Å². The molecule has 13 heavy (non-hydrogen) atoms. The van der Waals surface area contributed by atoms with Gasteiger partial charge in [0.2, 0.25) is 0 Å². The number of hydrogen-bond donors (Lipinski definition) is 1. The monoisotopic (exact) mass is 209 g/mol. The van der Waals surface area contributed by atoms with Crippen LogP contribution in [-0.2, 0) is 13.3 Å². The van der Waals surface area contributed by atoms with Crippen molar-refractivity contribution in [2.45, 2.75) is 19.9 Å². The van der Waals surface area contributed by atoms with Gasteiger partial charge in [0.15, 0.2) is 0 Å². The average molecular weight is 209 g/mol. The van der Waals surface area contributed by atoms with E-state index >= 15 is 0 Å². The molecule has 0 aromatic carbocycles. The summed E-state index contributed by atoms with van der Waals surface area (Å²) < 4.78 is 15.7. The topological polar surface area (TPSA) is 53.7 Å². The third-order valence-corrected chi connectivity index (χ3v) is 4.77. The number of nitrogens with two attached hydrogens (primary N) is 1. The molecule has 0 heterocycles. The zero-order valence-electron chi connectivity index (χ0n) is 9.59. The summed E-state index contributed by atoms with van der Waals surface area (Å²) in [6.45, 7) is 4.25. The molecular weight excluding hydrogens is 186 g/mol. The number of rotatable bonds is 5. The Morgan fingerprint density at radius 3 is 1.38 bits per heavy atom. The Balaban J connectivity index is 0. The van der Waals surface area contributed by atoms with Crippen molar-refractivity contribution in [1.29, 1.82) is 0 Å². The van der Waals surface area contributed by atoms with Crippen LogP contribution in [0.3, 0.4) is 0 Å². The second-order valence-electron chi connectivity index (χ2n) is 2.89. The molecule has 5 heteroatoms. The standard InChI is InChI=1S/C7H18O3Si.CH5N/c1-7(2)6-11(8-3,9-4)10-5;1-2/h7H,6H2,1-5H3;2H2,1H3. The molecule has 0 amide bonds. The minimum absolute atomic E-state index is 0.543. The minimum atomic E-state index is -2.28. The molecular formula is C8H23NO3Si. The molecule has 0 bridgehead atoms. The Hall–Kier alpha value is 0.0569. The van der Waals surface area contributed by atoms with Gasteiger partial charge in [-0.1, -0.05) is 13.8 Å². The van der Waals surface area contributed by atoms with E-state index in [0.717, 1.165) is 6.04 Å². The zero-order chi connectivity index (χ0) is 10.9. The van der Waals surface area contributed by atoms with Gasteiger partial charge in [-0.15, -0.1) is 0 Å². The minimum Gasteiger partial charge on any atom is -0.377 e. The molecule has 4 nitrogen and oxygen atoms in total. The zero-order valence-corrected chi connectivity index (χ0v) is 10.6. The van der Waals surface area contributed by atoms with Gasteiger partial charge in [0.25, 0.3) is 0 Å². The van der Waals surface area contributed by atoms with E-state index in [1.165, 1.54) is 7.05 Å². The van der Waals surface area contributed by atoms with Crippen LogP contribution in [0.15, 0.2) is 0 Å².